The molecule has 0 aliphatic carbocycles. The zero-order valence-electron chi connectivity index (χ0n) is 15.2. The average molecular weight is 406 g/mol. The third-order valence-electron chi connectivity index (χ3n) is 5.53. The molecular weight excluding hydrogens is 388 g/mol. The summed E-state index contributed by atoms with van der Waals surface area (Å²) in [5.41, 5.74) is 0.395. The summed E-state index contributed by atoms with van der Waals surface area (Å²) in [6, 6.07) is 9.60. The number of benzene rings is 1. The molecule has 2 aliphatic heterocycles. The van der Waals surface area contributed by atoms with Crippen molar-refractivity contribution in [1.82, 2.24) is 14.9 Å². The van der Waals surface area contributed by atoms with E-state index < -0.39 is 18.0 Å². The van der Waals surface area contributed by atoms with Crippen molar-refractivity contribution in [3.63, 3.8) is 0 Å². The number of nitrogens with zero attached hydrogens (tertiary/aromatic N) is 2. The maximum Gasteiger partial charge on any atom is 0.431 e. The molecule has 1 saturated heterocycles. The van der Waals surface area contributed by atoms with Gasteiger partial charge in [-0.2, -0.15) is 13.2 Å². The molecule has 2 aliphatic rings. The first-order chi connectivity index (χ1) is 13.9. The summed E-state index contributed by atoms with van der Waals surface area (Å²) in [7, 11) is 0. The molecule has 1 aromatic carbocycles. The molecule has 0 radical (unpaired) electrons. The summed E-state index contributed by atoms with van der Waals surface area (Å²) in [6.07, 6.45) is -3.88. The number of anilines is 1. The summed E-state index contributed by atoms with van der Waals surface area (Å²) in [5.74, 6) is 1.05. The van der Waals surface area contributed by atoms with Gasteiger partial charge in [0.1, 0.15) is 30.0 Å². The van der Waals surface area contributed by atoms with Gasteiger partial charge in [-0.1, -0.05) is 18.2 Å². The number of para-hydroxylation sites is 1. The number of likely N-dealkylation sites (tertiary alicyclic amines) is 1. The summed E-state index contributed by atoms with van der Waals surface area (Å²) < 4.78 is 58.7. The Labute approximate surface area is 163 Å². The molecule has 2 aromatic heterocycles. The van der Waals surface area contributed by atoms with E-state index in [4.69, 9.17) is 4.74 Å². The number of pyridine rings is 1. The number of aromatic nitrogens is 2. The van der Waals surface area contributed by atoms with Crippen LogP contribution >= 0.6 is 0 Å². The molecule has 9 heteroatoms. The van der Waals surface area contributed by atoms with Crippen molar-refractivity contribution >= 4 is 16.7 Å². The fraction of sp³-hybridized carbons (Fsp3) is 0.350. The molecule has 0 spiro atoms. The quantitative estimate of drug-likeness (QED) is 0.642. The van der Waals surface area contributed by atoms with Gasteiger partial charge in [0, 0.05) is 30.2 Å². The van der Waals surface area contributed by atoms with Crippen LogP contribution in [0.1, 0.15) is 17.3 Å². The van der Waals surface area contributed by atoms with Gasteiger partial charge in [0.2, 0.25) is 0 Å². The van der Waals surface area contributed by atoms with Gasteiger partial charge in [0.15, 0.2) is 0 Å². The second-order valence-electron chi connectivity index (χ2n) is 7.39. The first-order valence-electron chi connectivity index (χ1n) is 9.31. The van der Waals surface area contributed by atoms with E-state index >= 15 is 0 Å². The smallest absolute Gasteiger partial charge is 0.431 e. The average Bonchev–Trinajstić information content (AvgIpc) is 3.12. The number of hydrogen-bond acceptors (Lipinski definition) is 4. The molecule has 1 fully saturated rings. The second-order valence-corrected chi connectivity index (χ2v) is 7.39. The Bertz CT molecular complexity index is 1040. The Morgan fingerprint density at radius 3 is 2.72 bits per heavy atom. The zero-order valence-corrected chi connectivity index (χ0v) is 15.2. The SMILES string of the molecule is FC1CN(C2COc3ccccc3[C@@H]2Nc2nccc3[nH]c(C(F)(F)F)cc23)C1. The van der Waals surface area contributed by atoms with Gasteiger partial charge >= 0.3 is 6.18 Å². The highest BCUT2D eigenvalue weighted by molar-refractivity contribution is 5.90. The summed E-state index contributed by atoms with van der Waals surface area (Å²) >= 11 is 0. The van der Waals surface area contributed by atoms with Crippen molar-refractivity contribution in [2.45, 2.75) is 24.4 Å². The van der Waals surface area contributed by atoms with Crippen LogP contribution in [0.2, 0.25) is 0 Å². The third-order valence-corrected chi connectivity index (χ3v) is 5.53. The molecule has 0 bridgehead atoms. The Morgan fingerprint density at radius 2 is 1.97 bits per heavy atom. The number of hydrogen-bond donors (Lipinski definition) is 2. The lowest BCUT2D eigenvalue weighted by molar-refractivity contribution is -0.140. The first kappa shape index (κ1) is 18.2. The van der Waals surface area contributed by atoms with E-state index in [-0.39, 0.29) is 12.1 Å². The van der Waals surface area contributed by atoms with Crippen LogP contribution in [0.25, 0.3) is 10.9 Å². The van der Waals surface area contributed by atoms with Gasteiger partial charge < -0.3 is 15.0 Å². The number of H-pyrrole nitrogens is 1. The Hall–Kier alpha value is -2.81. The number of alkyl halides is 4. The van der Waals surface area contributed by atoms with Crippen LogP contribution < -0.4 is 10.1 Å². The number of rotatable bonds is 3. The number of nitrogens with one attached hydrogen (secondary N) is 2. The molecule has 2 atom stereocenters. The van der Waals surface area contributed by atoms with Crippen molar-refractivity contribution in [2.24, 2.45) is 0 Å². The molecule has 2 N–H and O–H groups in total. The van der Waals surface area contributed by atoms with Crippen molar-refractivity contribution in [3.05, 3.63) is 53.9 Å². The van der Waals surface area contributed by atoms with Crippen LogP contribution in [-0.2, 0) is 6.18 Å². The van der Waals surface area contributed by atoms with Gasteiger partial charge in [-0.25, -0.2) is 9.37 Å². The summed E-state index contributed by atoms with van der Waals surface area (Å²) in [6.45, 7) is 0.987. The molecule has 29 heavy (non-hydrogen) atoms. The molecule has 5 rings (SSSR count). The minimum atomic E-state index is -4.47. The van der Waals surface area contributed by atoms with E-state index in [0.717, 1.165) is 11.6 Å². The molecule has 0 saturated carbocycles. The lowest BCUT2D eigenvalue weighted by Gasteiger charge is -2.46. The van der Waals surface area contributed by atoms with Crippen molar-refractivity contribution in [1.29, 1.82) is 0 Å². The number of fused-ring (bicyclic) bond motifs is 2. The number of aromatic amines is 1. The number of halogens is 4. The Balaban J connectivity index is 1.54. The molecular formula is C20H18F4N4O. The topological polar surface area (TPSA) is 53.2 Å². The normalized spacial score (nSPS) is 22.8. The first-order valence-corrected chi connectivity index (χ1v) is 9.31. The predicted molar refractivity (Wildman–Crippen MR) is 99.7 cm³/mol. The molecule has 3 aromatic rings. The maximum atomic E-state index is 13.5. The lowest BCUT2D eigenvalue weighted by atomic mass is 9.92. The van der Waals surface area contributed by atoms with Crippen molar-refractivity contribution in [3.8, 4) is 5.75 Å². The van der Waals surface area contributed by atoms with Crippen LogP contribution in [0.4, 0.5) is 23.4 Å². The minimum absolute atomic E-state index is 0.157. The molecule has 5 nitrogen and oxygen atoms in total. The lowest BCUT2D eigenvalue weighted by Crippen LogP contribution is -2.59. The van der Waals surface area contributed by atoms with E-state index in [9.17, 15) is 17.6 Å². The van der Waals surface area contributed by atoms with Crippen LogP contribution in [0, 0.1) is 0 Å². The third kappa shape index (κ3) is 3.19. The highest BCUT2D eigenvalue weighted by atomic mass is 19.4. The van der Waals surface area contributed by atoms with E-state index in [2.05, 4.69) is 15.3 Å². The minimum Gasteiger partial charge on any atom is -0.491 e. The van der Waals surface area contributed by atoms with Crippen LogP contribution in [0.15, 0.2) is 42.6 Å². The van der Waals surface area contributed by atoms with Gasteiger partial charge in [-0.15, -0.1) is 0 Å². The molecule has 152 valence electrons. The van der Waals surface area contributed by atoms with Gasteiger partial charge in [0.25, 0.3) is 0 Å². The molecule has 1 unspecified atom stereocenters. The van der Waals surface area contributed by atoms with Gasteiger partial charge in [-0.3, -0.25) is 4.90 Å². The second kappa shape index (κ2) is 6.62. The number of ether oxygens (including phenoxy) is 1. The fourth-order valence-corrected chi connectivity index (χ4v) is 4.03. The maximum absolute atomic E-state index is 13.5. The highest BCUT2D eigenvalue weighted by Gasteiger charge is 2.41. The van der Waals surface area contributed by atoms with Crippen LogP contribution in [0.3, 0.4) is 0 Å². The monoisotopic (exact) mass is 406 g/mol. The molecule has 4 heterocycles. The van der Waals surface area contributed by atoms with E-state index in [1.54, 1.807) is 0 Å². The fourth-order valence-electron chi connectivity index (χ4n) is 4.03. The Morgan fingerprint density at radius 1 is 1.17 bits per heavy atom. The van der Waals surface area contributed by atoms with Crippen LogP contribution in [-0.4, -0.2) is 46.8 Å². The summed E-state index contributed by atoms with van der Waals surface area (Å²) in [4.78, 5) is 8.68. The van der Waals surface area contributed by atoms with Crippen LogP contribution in [0.5, 0.6) is 5.75 Å². The van der Waals surface area contributed by atoms with Crippen molar-refractivity contribution in [2.75, 3.05) is 25.0 Å². The van der Waals surface area contributed by atoms with Crippen molar-refractivity contribution < 1.29 is 22.3 Å². The van der Waals surface area contributed by atoms with E-state index in [0.29, 0.717) is 42.2 Å². The van der Waals surface area contributed by atoms with E-state index in [1.807, 2.05) is 29.2 Å². The van der Waals surface area contributed by atoms with E-state index in [1.165, 1.54) is 12.3 Å². The Kier molecular flexibility index (Phi) is 4.16. The van der Waals surface area contributed by atoms with Gasteiger partial charge in [-0.05, 0) is 18.2 Å². The largest absolute Gasteiger partial charge is 0.491 e. The summed E-state index contributed by atoms with van der Waals surface area (Å²) in [5, 5.41) is 3.67. The zero-order chi connectivity index (χ0) is 20.2. The highest BCUT2D eigenvalue weighted by Crippen LogP contribution is 2.39. The predicted octanol–water partition coefficient (Wildman–Crippen LogP) is 4.15. The van der Waals surface area contributed by atoms with Gasteiger partial charge in [0.05, 0.1) is 17.6 Å². The standard InChI is InChI=1S/C20H18F4N4O/c21-11-8-28(9-11)15-10-29-16-4-2-1-3-12(16)18(15)27-19-13-7-17(20(22,23)24)26-14(13)5-6-25-19/h1-7,11,15,18,26H,8-10H2,(H,25,27)/t15?,18-/m0/s1. The molecule has 0 amide bonds.